The number of hydrogen-bond donors (Lipinski definition) is 2. The van der Waals surface area contributed by atoms with Gasteiger partial charge in [0.05, 0.1) is 21.6 Å². The average Bonchev–Trinajstić information content (AvgIpc) is 2.97. The molecular formula is C16H16BrN3O2S. The van der Waals surface area contributed by atoms with Crippen LogP contribution in [0.4, 0.5) is 16.2 Å². The number of amides is 1. The molecule has 0 saturated carbocycles. The summed E-state index contributed by atoms with van der Waals surface area (Å²) >= 11 is 5.08. The van der Waals surface area contributed by atoms with Gasteiger partial charge in [0.1, 0.15) is 6.07 Å². The van der Waals surface area contributed by atoms with E-state index in [1.54, 1.807) is 23.5 Å². The molecule has 2 N–H and O–H groups in total. The Hall–Kier alpha value is -2.04. The minimum absolute atomic E-state index is 0.351. The molecule has 2 rings (SSSR count). The van der Waals surface area contributed by atoms with Crippen LogP contribution in [0.25, 0.3) is 0 Å². The minimum atomic E-state index is -0.549. The first-order valence-corrected chi connectivity index (χ1v) is 8.69. The first kappa shape index (κ1) is 17.3. The van der Waals surface area contributed by atoms with Crippen LogP contribution >= 0.6 is 27.3 Å². The van der Waals surface area contributed by atoms with E-state index in [-0.39, 0.29) is 0 Å². The molecule has 0 aliphatic heterocycles. The number of halogens is 1. The lowest BCUT2D eigenvalue weighted by Crippen LogP contribution is -2.15. The van der Waals surface area contributed by atoms with Crippen molar-refractivity contribution in [2.75, 3.05) is 17.2 Å². The third-order valence-corrected chi connectivity index (χ3v) is 4.53. The fourth-order valence-electron chi connectivity index (χ4n) is 1.83. The second-order valence-electron chi connectivity index (χ2n) is 4.69. The van der Waals surface area contributed by atoms with E-state index in [1.165, 1.54) is 4.88 Å². The molecule has 1 amide bonds. The Labute approximate surface area is 147 Å². The molecule has 1 heterocycles. The fraction of sp³-hybridized carbons (Fsp3) is 0.250. The number of carbonyl (C=O) groups is 1. The first-order chi connectivity index (χ1) is 11.1. The molecule has 0 fully saturated rings. The number of anilines is 2. The Morgan fingerprint density at radius 3 is 2.87 bits per heavy atom. The zero-order chi connectivity index (χ0) is 16.7. The standard InChI is InChI=1S/C16H16BrN3O2S/c1-2-7-22-16(21)20-14-5-3-12(8-11(14)9-18)19-10-13-4-6-15(17)23-13/h3-6,8,19H,2,7,10H2,1H3,(H,20,21). The van der Waals surface area contributed by atoms with E-state index in [9.17, 15) is 10.1 Å². The summed E-state index contributed by atoms with van der Waals surface area (Å²) in [6.07, 6.45) is 0.202. The molecule has 0 aliphatic carbocycles. The van der Waals surface area contributed by atoms with Gasteiger partial charge < -0.3 is 10.1 Å². The van der Waals surface area contributed by atoms with Crippen molar-refractivity contribution in [1.82, 2.24) is 0 Å². The number of thiophene rings is 1. The van der Waals surface area contributed by atoms with Crippen LogP contribution < -0.4 is 10.6 Å². The van der Waals surface area contributed by atoms with Crippen LogP contribution in [0.1, 0.15) is 23.8 Å². The number of carbonyl (C=O) groups excluding carboxylic acids is 1. The van der Waals surface area contributed by atoms with Crippen LogP contribution in [0.3, 0.4) is 0 Å². The highest BCUT2D eigenvalue weighted by atomic mass is 79.9. The zero-order valence-electron chi connectivity index (χ0n) is 12.6. The quantitative estimate of drug-likeness (QED) is 0.727. The molecule has 7 heteroatoms. The van der Waals surface area contributed by atoms with Gasteiger partial charge in [-0.2, -0.15) is 5.26 Å². The third kappa shape index (κ3) is 5.27. The summed E-state index contributed by atoms with van der Waals surface area (Å²) in [6, 6.07) is 11.3. The lowest BCUT2D eigenvalue weighted by atomic mass is 10.1. The van der Waals surface area contributed by atoms with Crippen LogP contribution in [0, 0.1) is 11.3 Å². The van der Waals surface area contributed by atoms with Gasteiger partial charge in [0.25, 0.3) is 0 Å². The van der Waals surface area contributed by atoms with Gasteiger partial charge in [-0.25, -0.2) is 4.79 Å². The summed E-state index contributed by atoms with van der Waals surface area (Å²) in [4.78, 5) is 12.8. The Bertz CT molecular complexity index is 724. The van der Waals surface area contributed by atoms with Crippen molar-refractivity contribution in [3.8, 4) is 6.07 Å². The van der Waals surface area contributed by atoms with E-state index in [2.05, 4.69) is 32.6 Å². The Balaban J connectivity index is 2.01. The maximum absolute atomic E-state index is 11.6. The van der Waals surface area contributed by atoms with E-state index in [0.29, 0.717) is 24.4 Å². The molecule has 120 valence electrons. The summed E-state index contributed by atoms with van der Waals surface area (Å²) in [5, 5.41) is 15.1. The molecule has 2 aromatic rings. The molecule has 0 radical (unpaired) electrons. The molecule has 0 saturated heterocycles. The third-order valence-electron chi connectivity index (χ3n) is 2.91. The average molecular weight is 394 g/mol. The highest BCUT2D eigenvalue weighted by Crippen LogP contribution is 2.24. The normalized spacial score (nSPS) is 9.96. The second kappa shape index (κ2) is 8.56. The molecule has 0 aliphatic rings. The minimum Gasteiger partial charge on any atom is -0.449 e. The van der Waals surface area contributed by atoms with Crippen molar-refractivity contribution in [2.45, 2.75) is 19.9 Å². The lowest BCUT2D eigenvalue weighted by Gasteiger charge is -2.10. The number of ether oxygens (including phenoxy) is 1. The number of nitrogens with zero attached hydrogens (tertiary/aromatic N) is 1. The summed E-state index contributed by atoms with van der Waals surface area (Å²) in [7, 11) is 0. The lowest BCUT2D eigenvalue weighted by molar-refractivity contribution is 0.161. The summed E-state index contributed by atoms with van der Waals surface area (Å²) < 4.78 is 6.04. The second-order valence-corrected chi connectivity index (χ2v) is 7.24. The monoisotopic (exact) mass is 393 g/mol. The van der Waals surface area contributed by atoms with E-state index in [4.69, 9.17) is 4.74 Å². The van der Waals surface area contributed by atoms with Gasteiger partial charge in [-0.15, -0.1) is 11.3 Å². The van der Waals surface area contributed by atoms with Gasteiger partial charge in [-0.3, -0.25) is 5.32 Å². The predicted octanol–water partition coefficient (Wildman–Crippen LogP) is 4.95. The molecule has 0 spiro atoms. The van der Waals surface area contributed by atoms with Gasteiger partial charge in [0.15, 0.2) is 0 Å². The van der Waals surface area contributed by atoms with E-state index in [0.717, 1.165) is 15.9 Å². The zero-order valence-corrected chi connectivity index (χ0v) is 15.0. The van der Waals surface area contributed by atoms with Gasteiger partial charge in [0.2, 0.25) is 0 Å². The first-order valence-electron chi connectivity index (χ1n) is 7.08. The highest BCUT2D eigenvalue weighted by Gasteiger charge is 2.08. The molecule has 5 nitrogen and oxygen atoms in total. The number of nitrogens with one attached hydrogen (secondary N) is 2. The molecule has 0 bridgehead atoms. The van der Waals surface area contributed by atoms with Crippen molar-refractivity contribution in [2.24, 2.45) is 0 Å². The number of nitriles is 1. The maximum atomic E-state index is 11.6. The van der Waals surface area contributed by atoms with E-state index in [1.807, 2.05) is 25.1 Å². The summed E-state index contributed by atoms with van der Waals surface area (Å²) in [6.45, 7) is 2.94. The van der Waals surface area contributed by atoms with Crippen molar-refractivity contribution < 1.29 is 9.53 Å². The predicted molar refractivity (Wildman–Crippen MR) is 95.8 cm³/mol. The van der Waals surface area contributed by atoms with Crippen LogP contribution in [-0.2, 0) is 11.3 Å². The van der Waals surface area contributed by atoms with Gasteiger partial charge in [0, 0.05) is 17.1 Å². The molecule has 0 unspecified atom stereocenters. The van der Waals surface area contributed by atoms with Crippen molar-refractivity contribution in [1.29, 1.82) is 5.26 Å². The van der Waals surface area contributed by atoms with E-state index < -0.39 is 6.09 Å². The molecular weight excluding hydrogens is 378 g/mol. The molecule has 23 heavy (non-hydrogen) atoms. The van der Waals surface area contributed by atoms with Crippen molar-refractivity contribution in [3.05, 3.63) is 44.6 Å². The fourth-order valence-corrected chi connectivity index (χ4v) is 3.26. The molecule has 1 aromatic carbocycles. The largest absolute Gasteiger partial charge is 0.449 e. The van der Waals surface area contributed by atoms with Crippen LogP contribution in [0.5, 0.6) is 0 Å². The van der Waals surface area contributed by atoms with Crippen molar-refractivity contribution >= 4 is 44.7 Å². The van der Waals surface area contributed by atoms with Crippen LogP contribution in [0.2, 0.25) is 0 Å². The van der Waals surface area contributed by atoms with Crippen LogP contribution in [-0.4, -0.2) is 12.7 Å². The number of benzene rings is 1. The van der Waals surface area contributed by atoms with Gasteiger partial charge in [-0.1, -0.05) is 6.92 Å². The topological polar surface area (TPSA) is 74.2 Å². The molecule has 0 atom stereocenters. The number of hydrogen-bond acceptors (Lipinski definition) is 5. The maximum Gasteiger partial charge on any atom is 0.411 e. The summed E-state index contributed by atoms with van der Waals surface area (Å²) in [5.41, 5.74) is 1.65. The smallest absolute Gasteiger partial charge is 0.411 e. The van der Waals surface area contributed by atoms with Crippen LogP contribution in [0.15, 0.2) is 34.1 Å². The number of rotatable bonds is 6. The Kier molecular flexibility index (Phi) is 6.44. The van der Waals surface area contributed by atoms with Crippen molar-refractivity contribution in [3.63, 3.8) is 0 Å². The highest BCUT2D eigenvalue weighted by molar-refractivity contribution is 9.11. The summed E-state index contributed by atoms with van der Waals surface area (Å²) in [5.74, 6) is 0. The van der Waals surface area contributed by atoms with Gasteiger partial charge in [-0.05, 0) is 52.7 Å². The van der Waals surface area contributed by atoms with Gasteiger partial charge >= 0.3 is 6.09 Å². The van der Waals surface area contributed by atoms with E-state index >= 15 is 0 Å². The Morgan fingerprint density at radius 1 is 1.39 bits per heavy atom. The Morgan fingerprint density at radius 2 is 2.22 bits per heavy atom. The SMILES string of the molecule is CCCOC(=O)Nc1ccc(NCc2ccc(Br)s2)cc1C#N. The molecule has 1 aromatic heterocycles.